The van der Waals surface area contributed by atoms with Gasteiger partial charge in [-0.15, -0.1) is 5.10 Å². The van der Waals surface area contributed by atoms with E-state index in [2.05, 4.69) is 20.5 Å². The first-order valence-corrected chi connectivity index (χ1v) is 5.74. The molecular weight excluding hydrogens is 274 g/mol. The highest BCUT2D eigenvalue weighted by atomic mass is 35.5. The molecule has 0 aliphatic carbocycles. The lowest BCUT2D eigenvalue weighted by molar-refractivity contribution is -0.384. The fourth-order valence-corrected chi connectivity index (χ4v) is 1.53. The maximum atomic E-state index is 10.9. The molecule has 0 aliphatic heterocycles. The highest BCUT2D eigenvalue weighted by molar-refractivity contribution is 6.29. The predicted octanol–water partition coefficient (Wildman–Crippen LogP) is 2.51. The third-order valence-electron chi connectivity index (χ3n) is 2.14. The normalized spacial score (nSPS) is 10.2. The molecular formula is C10H10ClN5O3. The number of nitrogens with zero attached hydrogens (tertiary/aromatic N) is 3. The van der Waals surface area contributed by atoms with Crippen LogP contribution in [0.4, 0.5) is 17.3 Å². The number of anilines is 2. The Hall–Kier alpha value is -2.35. The van der Waals surface area contributed by atoms with E-state index in [-0.39, 0.29) is 16.7 Å². The van der Waals surface area contributed by atoms with Crippen LogP contribution < -0.4 is 10.1 Å². The van der Waals surface area contributed by atoms with E-state index in [1.54, 1.807) is 6.07 Å². The van der Waals surface area contributed by atoms with Crippen LogP contribution in [-0.4, -0.2) is 26.7 Å². The molecule has 2 aromatic rings. The van der Waals surface area contributed by atoms with Crippen LogP contribution in [-0.2, 0) is 0 Å². The maximum absolute atomic E-state index is 10.9. The Morgan fingerprint density at radius 1 is 1.58 bits per heavy atom. The van der Waals surface area contributed by atoms with E-state index < -0.39 is 4.92 Å². The van der Waals surface area contributed by atoms with E-state index in [1.165, 1.54) is 12.1 Å². The summed E-state index contributed by atoms with van der Waals surface area (Å²) in [6.07, 6.45) is 0. The molecule has 2 aromatic heterocycles. The topological polar surface area (TPSA) is 106 Å². The summed E-state index contributed by atoms with van der Waals surface area (Å²) in [5.74, 6) is 0.834. The van der Waals surface area contributed by atoms with Gasteiger partial charge >= 0.3 is 5.69 Å². The predicted molar refractivity (Wildman–Crippen MR) is 68.9 cm³/mol. The van der Waals surface area contributed by atoms with E-state index in [4.69, 9.17) is 16.3 Å². The lowest BCUT2D eigenvalue weighted by Crippen LogP contribution is -2.00. The number of H-pyrrole nitrogens is 1. The van der Waals surface area contributed by atoms with Gasteiger partial charge in [-0.05, 0) is 13.0 Å². The number of halogens is 1. The van der Waals surface area contributed by atoms with Crippen molar-refractivity contribution in [1.29, 1.82) is 0 Å². The second-order valence-electron chi connectivity index (χ2n) is 3.44. The highest BCUT2D eigenvalue weighted by Gasteiger charge is 2.16. The molecule has 0 saturated heterocycles. The second kappa shape index (κ2) is 5.53. The lowest BCUT2D eigenvalue weighted by Gasteiger charge is -2.03. The number of aromatic nitrogens is 3. The Kier molecular flexibility index (Phi) is 3.81. The van der Waals surface area contributed by atoms with Crippen molar-refractivity contribution in [2.45, 2.75) is 6.92 Å². The summed E-state index contributed by atoms with van der Waals surface area (Å²) in [5.41, 5.74) is -0.183. The summed E-state index contributed by atoms with van der Waals surface area (Å²) in [7, 11) is 0. The number of nitrogens with one attached hydrogen (secondary N) is 2. The van der Waals surface area contributed by atoms with Crippen LogP contribution in [0.2, 0.25) is 5.15 Å². The molecule has 2 heterocycles. The van der Waals surface area contributed by atoms with Gasteiger partial charge in [0.25, 0.3) is 0 Å². The molecule has 9 heteroatoms. The zero-order chi connectivity index (χ0) is 13.8. The monoisotopic (exact) mass is 283 g/mol. The van der Waals surface area contributed by atoms with Crippen LogP contribution in [0, 0.1) is 10.1 Å². The van der Waals surface area contributed by atoms with Gasteiger partial charge in [0.05, 0.1) is 11.5 Å². The molecule has 2 N–H and O–H groups in total. The van der Waals surface area contributed by atoms with Gasteiger partial charge in [-0.3, -0.25) is 15.2 Å². The number of aromatic amines is 1. The van der Waals surface area contributed by atoms with Crippen LogP contribution in [0.3, 0.4) is 0 Å². The molecule has 19 heavy (non-hydrogen) atoms. The quantitative estimate of drug-likeness (QED) is 0.496. The zero-order valence-corrected chi connectivity index (χ0v) is 10.6. The number of rotatable bonds is 5. The average Bonchev–Trinajstić information content (AvgIpc) is 2.77. The summed E-state index contributed by atoms with van der Waals surface area (Å²) in [6.45, 7) is 2.30. The number of ether oxygens (including phenoxy) is 1. The van der Waals surface area contributed by atoms with Gasteiger partial charge in [-0.2, -0.15) is 0 Å². The lowest BCUT2D eigenvalue weighted by atomic mass is 10.4. The SMILES string of the molecule is CCOc1cc(Nc2nc(Cl)ccc2[N+](=O)[O-])[nH]n1. The molecule has 0 bridgehead atoms. The van der Waals surface area contributed by atoms with Crippen molar-refractivity contribution >= 4 is 28.9 Å². The van der Waals surface area contributed by atoms with Gasteiger partial charge in [0, 0.05) is 12.1 Å². The summed E-state index contributed by atoms with van der Waals surface area (Å²) in [6, 6.07) is 4.19. The maximum Gasteiger partial charge on any atom is 0.311 e. The average molecular weight is 284 g/mol. The summed E-state index contributed by atoms with van der Waals surface area (Å²) >= 11 is 5.72. The second-order valence-corrected chi connectivity index (χ2v) is 3.82. The molecule has 100 valence electrons. The molecule has 0 spiro atoms. The largest absolute Gasteiger partial charge is 0.477 e. The first kappa shape index (κ1) is 13.1. The summed E-state index contributed by atoms with van der Waals surface area (Å²) < 4.78 is 5.16. The van der Waals surface area contributed by atoms with Gasteiger partial charge in [0.1, 0.15) is 11.0 Å². The third-order valence-corrected chi connectivity index (χ3v) is 2.35. The molecule has 0 unspecified atom stereocenters. The molecule has 8 nitrogen and oxygen atoms in total. The fraction of sp³-hybridized carbons (Fsp3) is 0.200. The van der Waals surface area contributed by atoms with Crippen molar-refractivity contribution in [3.8, 4) is 5.88 Å². The number of pyridine rings is 1. The third kappa shape index (κ3) is 3.10. The van der Waals surface area contributed by atoms with Crippen LogP contribution in [0.1, 0.15) is 6.92 Å². The van der Waals surface area contributed by atoms with Crippen molar-refractivity contribution in [3.05, 3.63) is 33.5 Å². The van der Waals surface area contributed by atoms with Crippen molar-refractivity contribution in [2.75, 3.05) is 11.9 Å². The molecule has 0 atom stereocenters. The van der Waals surface area contributed by atoms with Gasteiger partial charge in [0.2, 0.25) is 11.7 Å². The van der Waals surface area contributed by atoms with E-state index >= 15 is 0 Å². The van der Waals surface area contributed by atoms with Crippen LogP contribution in [0.25, 0.3) is 0 Å². The highest BCUT2D eigenvalue weighted by Crippen LogP contribution is 2.27. The fourth-order valence-electron chi connectivity index (χ4n) is 1.38. The Bertz CT molecular complexity index is 601. The van der Waals surface area contributed by atoms with E-state index in [0.717, 1.165) is 0 Å². The Labute approximate surface area is 112 Å². The van der Waals surface area contributed by atoms with Crippen LogP contribution in [0.5, 0.6) is 5.88 Å². The minimum absolute atomic E-state index is 0.0317. The number of nitro groups is 1. The van der Waals surface area contributed by atoms with Crippen LogP contribution in [0.15, 0.2) is 18.2 Å². The van der Waals surface area contributed by atoms with Crippen LogP contribution >= 0.6 is 11.6 Å². The molecule has 2 rings (SSSR count). The summed E-state index contributed by atoms with van der Waals surface area (Å²) in [5, 5.41) is 20.2. The number of hydrogen-bond acceptors (Lipinski definition) is 6. The van der Waals surface area contributed by atoms with Crippen molar-refractivity contribution < 1.29 is 9.66 Å². The molecule has 0 fully saturated rings. The molecule has 0 saturated carbocycles. The number of hydrogen-bond donors (Lipinski definition) is 2. The molecule has 0 amide bonds. The first-order chi connectivity index (χ1) is 9.10. The minimum atomic E-state index is -0.550. The first-order valence-electron chi connectivity index (χ1n) is 5.36. The molecule has 0 aliphatic rings. The Morgan fingerprint density at radius 3 is 3.05 bits per heavy atom. The van der Waals surface area contributed by atoms with Crippen molar-refractivity contribution in [2.24, 2.45) is 0 Å². The van der Waals surface area contributed by atoms with E-state index in [9.17, 15) is 10.1 Å². The van der Waals surface area contributed by atoms with Gasteiger partial charge in [-0.25, -0.2) is 4.98 Å². The Balaban J connectivity index is 2.26. The molecule has 0 aromatic carbocycles. The van der Waals surface area contributed by atoms with Crippen molar-refractivity contribution in [3.63, 3.8) is 0 Å². The smallest absolute Gasteiger partial charge is 0.311 e. The van der Waals surface area contributed by atoms with E-state index in [0.29, 0.717) is 18.3 Å². The zero-order valence-electron chi connectivity index (χ0n) is 9.88. The standard InChI is InChI=1S/C10H10ClN5O3/c1-2-19-9-5-8(14-15-9)13-10-6(16(17)18)3-4-7(11)12-10/h3-5H,2H2,1H3,(H2,12,13,14,15). The van der Waals surface area contributed by atoms with Gasteiger partial charge in [0.15, 0.2) is 0 Å². The van der Waals surface area contributed by atoms with Gasteiger partial charge in [-0.1, -0.05) is 11.6 Å². The van der Waals surface area contributed by atoms with Crippen molar-refractivity contribution in [1.82, 2.24) is 15.2 Å². The minimum Gasteiger partial charge on any atom is -0.477 e. The summed E-state index contributed by atoms with van der Waals surface area (Å²) in [4.78, 5) is 14.2. The Morgan fingerprint density at radius 2 is 2.37 bits per heavy atom. The molecule has 0 radical (unpaired) electrons. The van der Waals surface area contributed by atoms with E-state index in [1.807, 2.05) is 6.92 Å². The van der Waals surface area contributed by atoms with Gasteiger partial charge < -0.3 is 10.1 Å².